The molecule has 16 heavy (non-hydrogen) atoms. The van der Waals surface area contributed by atoms with E-state index in [0.29, 0.717) is 12.5 Å². The molecule has 0 saturated heterocycles. The van der Waals surface area contributed by atoms with Gasteiger partial charge >= 0.3 is 0 Å². The molecule has 0 unspecified atom stereocenters. The van der Waals surface area contributed by atoms with Crippen LogP contribution in [0.15, 0.2) is 10.7 Å². The highest BCUT2D eigenvalue weighted by Gasteiger charge is 2.11. The van der Waals surface area contributed by atoms with E-state index in [9.17, 15) is 0 Å². The van der Waals surface area contributed by atoms with Crippen LogP contribution in [0.25, 0.3) is 0 Å². The summed E-state index contributed by atoms with van der Waals surface area (Å²) in [6.45, 7) is 6.28. The molecule has 0 radical (unpaired) electrons. The number of aliphatic hydroxyl groups is 1. The molecule has 0 saturated carbocycles. The van der Waals surface area contributed by atoms with E-state index in [2.05, 4.69) is 31.2 Å². The lowest BCUT2D eigenvalue weighted by Gasteiger charge is -2.22. The number of nitrogens with one attached hydrogen (secondary N) is 1. The monoisotopic (exact) mass is 288 g/mol. The summed E-state index contributed by atoms with van der Waals surface area (Å²) in [4.78, 5) is 10.5. The molecule has 5 nitrogen and oxygen atoms in total. The summed E-state index contributed by atoms with van der Waals surface area (Å²) in [6.07, 6.45) is 1.72. The molecule has 6 heteroatoms. The molecular weight excluding hydrogens is 272 g/mol. The predicted octanol–water partition coefficient (Wildman–Crippen LogP) is 1.49. The van der Waals surface area contributed by atoms with Crippen molar-refractivity contribution in [3.63, 3.8) is 0 Å². The van der Waals surface area contributed by atoms with Crippen molar-refractivity contribution < 1.29 is 5.11 Å². The van der Waals surface area contributed by atoms with Crippen molar-refractivity contribution in [3.8, 4) is 0 Å². The maximum atomic E-state index is 8.98. The zero-order valence-electron chi connectivity index (χ0n) is 9.57. The van der Waals surface area contributed by atoms with Crippen LogP contribution in [-0.4, -0.2) is 41.3 Å². The Balaban J connectivity index is 2.94. The summed E-state index contributed by atoms with van der Waals surface area (Å²) < 4.78 is 0.837. The molecule has 0 bridgehead atoms. The van der Waals surface area contributed by atoms with E-state index in [-0.39, 0.29) is 6.61 Å². The standard InChI is InChI=1S/C10H17BrN4O/c1-3-12-10-13-7-8(11)9(14-10)15(4-2)5-6-16/h7,16H,3-6H2,1-2H3,(H,12,13,14). The molecule has 0 amide bonds. The largest absolute Gasteiger partial charge is 0.395 e. The first-order valence-corrected chi connectivity index (χ1v) is 6.14. The molecule has 1 rings (SSSR count). The molecule has 0 fully saturated rings. The number of aromatic nitrogens is 2. The summed E-state index contributed by atoms with van der Waals surface area (Å²) in [6, 6.07) is 0. The van der Waals surface area contributed by atoms with Gasteiger partial charge in [0.25, 0.3) is 0 Å². The van der Waals surface area contributed by atoms with Gasteiger partial charge in [0.2, 0.25) is 5.95 Å². The van der Waals surface area contributed by atoms with E-state index >= 15 is 0 Å². The third kappa shape index (κ3) is 3.31. The number of aliphatic hydroxyl groups excluding tert-OH is 1. The fourth-order valence-electron chi connectivity index (χ4n) is 1.36. The van der Waals surface area contributed by atoms with Crippen molar-refractivity contribution in [3.05, 3.63) is 10.7 Å². The van der Waals surface area contributed by atoms with Crippen LogP contribution in [0.1, 0.15) is 13.8 Å². The summed E-state index contributed by atoms with van der Waals surface area (Å²) in [5.74, 6) is 1.42. The van der Waals surface area contributed by atoms with Crippen LogP contribution in [0.2, 0.25) is 0 Å². The lowest BCUT2D eigenvalue weighted by molar-refractivity contribution is 0.302. The third-order valence-corrected chi connectivity index (χ3v) is 2.67. The number of hydrogen-bond donors (Lipinski definition) is 2. The van der Waals surface area contributed by atoms with Crippen molar-refractivity contribution in [1.29, 1.82) is 0 Å². The first-order chi connectivity index (χ1) is 7.72. The van der Waals surface area contributed by atoms with Crippen LogP contribution < -0.4 is 10.2 Å². The number of halogens is 1. The van der Waals surface area contributed by atoms with Crippen LogP contribution in [0, 0.1) is 0 Å². The van der Waals surface area contributed by atoms with E-state index in [1.54, 1.807) is 6.20 Å². The van der Waals surface area contributed by atoms with Gasteiger partial charge in [-0.05, 0) is 29.8 Å². The van der Waals surface area contributed by atoms with Crippen LogP contribution in [0.4, 0.5) is 11.8 Å². The minimum atomic E-state index is 0.112. The van der Waals surface area contributed by atoms with Crippen LogP contribution in [0.5, 0.6) is 0 Å². The van der Waals surface area contributed by atoms with Gasteiger partial charge in [-0.1, -0.05) is 0 Å². The number of likely N-dealkylation sites (N-methyl/N-ethyl adjacent to an activating group) is 1. The minimum Gasteiger partial charge on any atom is -0.395 e. The number of nitrogens with zero attached hydrogens (tertiary/aromatic N) is 3. The van der Waals surface area contributed by atoms with Gasteiger partial charge in [0.1, 0.15) is 5.82 Å². The van der Waals surface area contributed by atoms with Gasteiger partial charge in [0, 0.05) is 25.8 Å². The van der Waals surface area contributed by atoms with E-state index in [1.807, 2.05) is 18.7 Å². The Labute approximate surface area is 104 Å². The topological polar surface area (TPSA) is 61.3 Å². The molecule has 1 aromatic heterocycles. The number of rotatable bonds is 6. The van der Waals surface area contributed by atoms with Crippen molar-refractivity contribution in [1.82, 2.24) is 9.97 Å². The van der Waals surface area contributed by atoms with Gasteiger partial charge in [-0.25, -0.2) is 4.98 Å². The highest BCUT2D eigenvalue weighted by molar-refractivity contribution is 9.10. The molecule has 0 spiro atoms. The summed E-state index contributed by atoms with van der Waals surface area (Å²) in [5, 5.41) is 12.0. The molecule has 2 N–H and O–H groups in total. The van der Waals surface area contributed by atoms with Gasteiger partial charge in [0.15, 0.2) is 0 Å². The molecule has 90 valence electrons. The van der Waals surface area contributed by atoms with Crippen molar-refractivity contribution in [2.45, 2.75) is 13.8 Å². The zero-order valence-corrected chi connectivity index (χ0v) is 11.2. The average Bonchev–Trinajstić information content (AvgIpc) is 2.29. The second-order valence-corrected chi connectivity index (χ2v) is 4.05. The third-order valence-electron chi connectivity index (χ3n) is 2.11. The quantitative estimate of drug-likeness (QED) is 0.831. The normalized spacial score (nSPS) is 10.2. The molecule has 0 aliphatic heterocycles. The Morgan fingerprint density at radius 3 is 2.81 bits per heavy atom. The van der Waals surface area contributed by atoms with Crippen molar-refractivity contribution in [2.24, 2.45) is 0 Å². The molecule has 0 atom stereocenters. The molecule has 0 aliphatic carbocycles. The van der Waals surface area contributed by atoms with Crippen molar-refractivity contribution in [2.75, 3.05) is 36.5 Å². The molecule has 1 aromatic rings. The van der Waals surface area contributed by atoms with Crippen LogP contribution >= 0.6 is 15.9 Å². The fourth-order valence-corrected chi connectivity index (χ4v) is 1.80. The maximum Gasteiger partial charge on any atom is 0.224 e. The van der Waals surface area contributed by atoms with Gasteiger partial charge in [-0.2, -0.15) is 4.98 Å². The highest BCUT2D eigenvalue weighted by atomic mass is 79.9. The first kappa shape index (κ1) is 13.2. The maximum absolute atomic E-state index is 8.98. The van der Waals surface area contributed by atoms with E-state index in [1.165, 1.54) is 0 Å². The lowest BCUT2D eigenvalue weighted by Crippen LogP contribution is -2.27. The number of hydrogen-bond acceptors (Lipinski definition) is 5. The molecule has 0 aliphatic rings. The molecule has 1 heterocycles. The average molecular weight is 289 g/mol. The van der Waals surface area contributed by atoms with Gasteiger partial charge in [-0.3, -0.25) is 0 Å². The lowest BCUT2D eigenvalue weighted by atomic mass is 10.4. The predicted molar refractivity (Wildman–Crippen MR) is 68.9 cm³/mol. The Bertz CT molecular complexity index is 335. The first-order valence-electron chi connectivity index (χ1n) is 5.35. The second kappa shape index (κ2) is 6.65. The number of anilines is 2. The van der Waals surface area contributed by atoms with E-state index in [0.717, 1.165) is 23.4 Å². The Hall–Kier alpha value is -0.880. The summed E-state index contributed by atoms with van der Waals surface area (Å²) in [5.41, 5.74) is 0. The van der Waals surface area contributed by atoms with Crippen LogP contribution in [-0.2, 0) is 0 Å². The Morgan fingerprint density at radius 1 is 1.50 bits per heavy atom. The smallest absolute Gasteiger partial charge is 0.224 e. The van der Waals surface area contributed by atoms with Gasteiger partial charge in [-0.15, -0.1) is 0 Å². The minimum absolute atomic E-state index is 0.112. The second-order valence-electron chi connectivity index (χ2n) is 3.20. The Kier molecular flexibility index (Phi) is 5.48. The molecular formula is C10H17BrN4O. The van der Waals surface area contributed by atoms with E-state index < -0.39 is 0 Å². The van der Waals surface area contributed by atoms with Crippen molar-refractivity contribution >= 4 is 27.7 Å². The molecule has 0 aromatic carbocycles. The fraction of sp³-hybridized carbons (Fsp3) is 0.600. The highest BCUT2D eigenvalue weighted by Crippen LogP contribution is 2.23. The van der Waals surface area contributed by atoms with E-state index in [4.69, 9.17) is 5.11 Å². The zero-order chi connectivity index (χ0) is 12.0. The van der Waals surface area contributed by atoms with Gasteiger partial charge < -0.3 is 15.3 Å². The Morgan fingerprint density at radius 2 is 2.25 bits per heavy atom. The van der Waals surface area contributed by atoms with Crippen LogP contribution in [0.3, 0.4) is 0 Å². The summed E-state index contributed by atoms with van der Waals surface area (Å²) >= 11 is 3.42. The van der Waals surface area contributed by atoms with Gasteiger partial charge in [0.05, 0.1) is 11.1 Å². The SMILES string of the molecule is CCNc1ncc(Br)c(N(CC)CCO)n1. The summed E-state index contributed by atoms with van der Waals surface area (Å²) in [7, 11) is 0.